The summed E-state index contributed by atoms with van der Waals surface area (Å²) in [7, 11) is 0. The predicted molar refractivity (Wildman–Crippen MR) is 66.2 cm³/mol. The monoisotopic (exact) mass is 237 g/mol. The maximum Gasteiger partial charge on any atom is 0.229 e. The van der Waals surface area contributed by atoms with E-state index in [4.69, 9.17) is 4.74 Å². The average molecular weight is 237 g/mol. The van der Waals surface area contributed by atoms with Gasteiger partial charge in [-0.3, -0.25) is 4.79 Å². The lowest BCUT2D eigenvalue weighted by Gasteiger charge is -2.05. The normalized spacial score (nSPS) is 13.1. The molecule has 3 nitrogen and oxygen atoms in total. The third kappa shape index (κ3) is 2.70. The summed E-state index contributed by atoms with van der Waals surface area (Å²) in [5.74, 6) is 1.23. The van der Waals surface area contributed by atoms with Crippen molar-refractivity contribution in [3.63, 3.8) is 0 Å². The Kier molecular flexibility index (Phi) is 3.72. The van der Waals surface area contributed by atoms with E-state index in [0.29, 0.717) is 6.54 Å². The van der Waals surface area contributed by atoms with Crippen molar-refractivity contribution in [2.45, 2.75) is 12.8 Å². The number of benzene rings is 1. The molecule has 0 fully saturated rings. The first-order valence-corrected chi connectivity index (χ1v) is 6.05. The van der Waals surface area contributed by atoms with Gasteiger partial charge in [-0.1, -0.05) is 12.1 Å². The molecule has 2 rings (SSSR count). The summed E-state index contributed by atoms with van der Waals surface area (Å²) < 4.78 is 5.43. The molecule has 0 saturated carbocycles. The number of carbonyl (C=O) groups excluding carboxylic acids is 1. The van der Waals surface area contributed by atoms with Crippen molar-refractivity contribution < 1.29 is 9.53 Å². The minimum absolute atomic E-state index is 0.0205. The minimum Gasteiger partial charge on any atom is -0.493 e. The number of thiol groups is 1. The highest BCUT2D eigenvalue weighted by molar-refractivity contribution is 7.81. The maximum atomic E-state index is 11.0. The average Bonchev–Trinajstić information content (AvgIpc) is 2.76. The quantitative estimate of drug-likeness (QED) is 0.773. The van der Waals surface area contributed by atoms with Gasteiger partial charge in [0.2, 0.25) is 5.91 Å². The summed E-state index contributed by atoms with van der Waals surface area (Å²) in [5.41, 5.74) is 2.52. The summed E-state index contributed by atoms with van der Waals surface area (Å²) in [6, 6.07) is 6.23. The molecule has 1 aromatic carbocycles. The largest absolute Gasteiger partial charge is 0.493 e. The molecule has 0 radical (unpaired) electrons. The molecule has 1 heterocycles. The lowest BCUT2D eigenvalue weighted by molar-refractivity contribution is -0.118. The molecular weight excluding hydrogens is 222 g/mol. The highest BCUT2D eigenvalue weighted by atomic mass is 32.1. The lowest BCUT2D eigenvalue weighted by atomic mass is 10.1. The van der Waals surface area contributed by atoms with Gasteiger partial charge in [0.25, 0.3) is 0 Å². The Hall–Kier alpha value is -1.16. The van der Waals surface area contributed by atoms with Crippen molar-refractivity contribution in [1.29, 1.82) is 0 Å². The minimum atomic E-state index is -0.0205. The topological polar surface area (TPSA) is 38.3 Å². The number of hydrogen-bond donors (Lipinski definition) is 2. The molecule has 0 spiro atoms. The number of rotatable bonds is 4. The second kappa shape index (κ2) is 5.25. The number of carbonyl (C=O) groups is 1. The predicted octanol–water partition coefficient (Wildman–Crippen LogP) is 1.21. The fourth-order valence-corrected chi connectivity index (χ4v) is 1.91. The van der Waals surface area contributed by atoms with E-state index in [2.05, 4.69) is 30.1 Å². The van der Waals surface area contributed by atoms with Gasteiger partial charge in [-0.05, 0) is 23.6 Å². The zero-order valence-electron chi connectivity index (χ0n) is 9.03. The van der Waals surface area contributed by atoms with Crippen LogP contribution in [0.3, 0.4) is 0 Å². The smallest absolute Gasteiger partial charge is 0.229 e. The third-order valence-electron chi connectivity index (χ3n) is 2.63. The zero-order valence-corrected chi connectivity index (χ0v) is 9.93. The Labute approximate surface area is 101 Å². The fraction of sp³-hybridized carbons (Fsp3) is 0.417. The standard InChI is InChI=1S/C12H15NO2S/c14-12(8-16)13-5-3-9-1-2-11-10(7-9)4-6-15-11/h1-2,7,16H,3-6,8H2,(H,13,14). The number of ether oxygens (including phenoxy) is 1. The van der Waals surface area contributed by atoms with Crippen molar-refractivity contribution >= 4 is 18.5 Å². The number of hydrogen-bond acceptors (Lipinski definition) is 3. The third-order valence-corrected chi connectivity index (χ3v) is 2.92. The van der Waals surface area contributed by atoms with Crippen LogP contribution in [0.2, 0.25) is 0 Å². The van der Waals surface area contributed by atoms with Gasteiger partial charge >= 0.3 is 0 Å². The van der Waals surface area contributed by atoms with Crippen molar-refractivity contribution in [2.75, 3.05) is 18.9 Å². The van der Waals surface area contributed by atoms with Gasteiger partial charge in [-0.15, -0.1) is 0 Å². The van der Waals surface area contributed by atoms with Crippen LogP contribution in [0.1, 0.15) is 11.1 Å². The molecule has 1 aliphatic rings. The van der Waals surface area contributed by atoms with Crippen molar-refractivity contribution in [2.24, 2.45) is 0 Å². The van der Waals surface area contributed by atoms with Crippen LogP contribution in [-0.2, 0) is 17.6 Å². The van der Waals surface area contributed by atoms with Gasteiger partial charge in [0.1, 0.15) is 5.75 Å². The summed E-state index contributed by atoms with van der Waals surface area (Å²) in [6.45, 7) is 1.45. The van der Waals surface area contributed by atoms with Crippen LogP contribution in [-0.4, -0.2) is 24.8 Å². The van der Waals surface area contributed by atoms with E-state index in [1.165, 1.54) is 11.1 Å². The Balaban J connectivity index is 1.88. The van der Waals surface area contributed by atoms with E-state index in [1.54, 1.807) is 0 Å². The van der Waals surface area contributed by atoms with Gasteiger partial charge in [0, 0.05) is 13.0 Å². The van der Waals surface area contributed by atoms with Crippen LogP contribution in [0.25, 0.3) is 0 Å². The second-order valence-electron chi connectivity index (χ2n) is 3.80. The summed E-state index contributed by atoms with van der Waals surface area (Å²) >= 11 is 3.90. The highest BCUT2D eigenvalue weighted by Crippen LogP contribution is 2.25. The van der Waals surface area contributed by atoms with E-state index in [0.717, 1.165) is 25.2 Å². The van der Waals surface area contributed by atoms with Crippen LogP contribution in [0.15, 0.2) is 18.2 Å². The van der Waals surface area contributed by atoms with Gasteiger partial charge in [-0.2, -0.15) is 12.6 Å². The van der Waals surface area contributed by atoms with Crippen LogP contribution in [0.4, 0.5) is 0 Å². The summed E-state index contributed by atoms with van der Waals surface area (Å²) in [6.07, 6.45) is 1.85. The number of amides is 1. The van der Waals surface area contributed by atoms with Crippen LogP contribution >= 0.6 is 12.6 Å². The molecule has 86 valence electrons. The highest BCUT2D eigenvalue weighted by Gasteiger charge is 2.11. The number of nitrogens with one attached hydrogen (secondary N) is 1. The Morgan fingerprint density at radius 1 is 1.50 bits per heavy atom. The molecule has 0 atom stereocenters. The molecule has 0 aliphatic carbocycles. The SMILES string of the molecule is O=C(CS)NCCc1ccc2c(c1)CCO2. The molecule has 1 amide bonds. The maximum absolute atomic E-state index is 11.0. The fourth-order valence-electron chi connectivity index (χ4n) is 1.80. The number of fused-ring (bicyclic) bond motifs is 1. The van der Waals surface area contributed by atoms with Crippen molar-refractivity contribution in [1.82, 2.24) is 5.32 Å². The van der Waals surface area contributed by atoms with Crippen LogP contribution in [0, 0.1) is 0 Å². The van der Waals surface area contributed by atoms with Gasteiger partial charge < -0.3 is 10.1 Å². The van der Waals surface area contributed by atoms with Crippen molar-refractivity contribution in [3.8, 4) is 5.75 Å². The Bertz CT molecular complexity index is 393. The van der Waals surface area contributed by atoms with E-state index in [-0.39, 0.29) is 11.7 Å². The molecule has 0 saturated heterocycles. The molecule has 0 bridgehead atoms. The summed E-state index contributed by atoms with van der Waals surface area (Å²) in [4.78, 5) is 11.0. The first kappa shape index (κ1) is 11.3. The van der Waals surface area contributed by atoms with E-state index >= 15 is 0 Å². The van der Waals surface area contributed by atoms with E-state index in [1.807, 2.05) is 6.07 Å². The second-order valence-corrected chi connectivity index (χ2v) is 4.11. The van der Waals surface area contributed by atoms with Gasteiger partial charge in [-0.25, -0.2) is 0 Å². The molecule has 0 unspecified atom stereocenters. The molecule has 4 heteroatoms. The van der Waals surface area contributed by atoms with Crippen molar-refractivity contribution in [3.05, 3.63) is 29.3 Å². The molecule has 16 heavy (non-hydrogen) atoms. The van der Waals surface area contributed by atoms with Gasteiger partial charge in [0.05, 0.1) is 12.4 Å². The molecule has 0 aromatic heterocycles. The van der Waals surface area contributed by atoms with Crippen LogP contribution < -0.4 is 10.1 Å². The van der Waals surface area contributed by atoms with E-state index < -0.39 is 0 Å². The molecular formula is C12H15NO2S. The first-order chi connectivity index (χ1) is 7.79. The Morgan fingerprint density at radius 3 is 3.19 bits per heavy atom. The zero-order chi connectivity index (χ0) is 11.4. The molecule has 1 N–H and O–H groups in total. The van der Waals surface area contributed by atoms with Gasteiger partial charge in [0.15, 0.2) is 0 Å². The molecule has 1 aromatic rings. The summed E-state index contributed by atoms with van der Waals surface area (Å²) in [5, 5.41) is 2.80. The lowest BCUT2D eigenvalue weighted by Crippen LogP contribution is -2.26. The van der Waals surface area contributed by atoms with Crippen LogP contribution in [0.5, 0.6) is 5.75 Å². The first-order valence-electron chi connectivity index (χ1n) is 5.42. The molecule has 1 aliphatic heterocycles. The van der Waals surface area contributed by atoms with E-state index in [9.17, 15) is 4.79 Å². The Morgan fingerprint density at radius 2 is 2.38 bits per heavy atom.